The van der Waals surface area contributed by atoms with E-state index >= 15 is 0 Å². The smallest absolute Gasteiger partial charge is 0.265 e. The number of hydrogen-bond donors (Lipinski definition) is 2. The molecule has 3 aliphatic rings. The van der Waals surface area contributed by atoms with Crippen LogP contribution in [-0.4, -0.2) is 30.2 Å². The van der Waals surface area contributed by atoms with Crippen LogP contribution in [0, 0.1) is 11.8 Å². The van der Waals surface area contributed by atoms with Gasteiger partial charge in [0.25, 0.3) is 5.91 Å². The maximum absolute atomic E-state index is 12.9. The molecule has 4 atom stereocenters. The molecule has 1 aliphatic heterocycles. The molecule has 3 N–H and O–H groups in total. The van der Waals surface area contributed by atoms with Crippen molar-refractivity contribution in [3.63, 3.8) is 0 Å². The number of benzene rings is 1. The summed E-state index contributed by atoms with van der Waals surface area (Å²) in [5.41, 5.74) is 6.18. The quantitative estimate of drug-likeness (QED) is 0.843. The van der Waals surface area contributed by atoms with Crippen molar-refractivity contribution >= 4 is 18.3 Å². The van der Waals surface area contributed by atoms with Crippen molar-refractivity contribution in [3.8, 4) is 11.5 Å². The molecule has 4 rings (SSSR count). The lowest BCUT2D eigenvalue weighted by molar-refractivity contribution is -0.135. The van der Waals surface area contributed by atoms with Gasteiger partial charge in [-0.05, 0) is 56.6 Å². The maximum Gasteiger partial charge on any atom is 0.265 e. The predicted molar refractivity (Wildman–Crippen MR) is 98.2 cm³/mol. The summed E-state index contributed by atoms with van der Waals surface area (Å²) in [7, 11) is 0. The van der Waals surface area contributed by atoms with Crippen LogP contribution in [0.4, 0.5) is 0 Å². The number of carbonyl (C=O) groups is 1. The van der Waals surface area contributed by atoms with E-state index in [1.54, 1.807) is 0 Å². The van der Waals surface area contributed by atoms with Crippen molar-refractivity contribution in [3.05, 3.63) is 24.3 Å². The summed E-state index contributed by atoms with van der Waals surface area (Å²) in [4.78, 5) is 12.9. The first-order chi connectivity index (χ1) is 11.6. The Morgan fingerprint density at radius 2 is 1.72 bits per heavy atom. The lowest BCUT2D eigenvalue weighted by Crippen LogP contribution is -2.58. The number of halogens is 1. The Labute approximate surface area is 155 Å². The number of rotatable bonds is 2. The third-order valence-electron chi connectivity index (χ3n) is 5.79. The van der Waals surface area contributed by atoms with Gasteiger partial charge in [0.15, 0.2) is 11.5 Å². The SMILES string of the molecule is CC1Oc2ccccc2OC1C(=O)NC1C2CCCC1CC(N)C2.Cl. The summed E-state index contributed by atoms with van der Waals surface area (Å²) in [5.74, 6) is 2.29. The molecule has 6 heteroatoms. The van der Waals surface area contributed by atoms with Gasteiger partial charge in [0.1, 0.15) is 6.10 Å². The molecule has 5 nitrogen and oxygen atoms in total. The van der Waals surface area contributed by atoms with E-state index in [2.05, 4.69) is 5.32 Å². The summed E-state index contributed by atoms with van der Waals surface area (Å²) in [6.07, 6.45) is 4.71. The van der Waals surface area contributed by atoms with E-state index in [1.165, 1.54) is 6.42 Å². The molecule has 2 bridgehead atoms. The van der Waals surface area contributed by atoms with E-state index in [0.29, 0.717) is 23.3 Å². The van der Waals surface area contributed by atoms with Crippen LogP contribution in [0.5, 0.6) is 11.5 Å². The first-order valence-electron chi connectivity index (χ1n) is 9.10. The molecule has 0 radical (unpaired) electrons. The Morgan fingerprint density at radius 3 is 2.36 bits per heavy atom. The minimum Gasteiger partial charge on any atom is -0.482 e. The number of ether oxygens (including phenoxy) is 2. The number of nitrogens with one attached hydrogen (secondary N) is 1. The normalized spacial score (nSPS) is 36.1. The van der Waals surface area contributed by atoms with Gasteiger partial charge in [0, 0.05) is 12.1 Å². The molecule has 0 saturated heterocycles. The number of hydrogen-bond acceptors (Lipinski definition) is 4. The van der Waals surface area contributed by atoms with Crippen molar-refractivity contribution in [2.24, 2.45) is 17.6 Å². The Balaban J connectivity index is 0.00000182. The van der Waals surface area contributed by atoms with Gasteiger partial charge in [-0.25, -0.2) is 0 Å². The molecule has 0 spiro atoms. The lowest BCUT2D eigenvalue weighted by atomic mass is 9.67. The van der Waals surface area contributed by atoms with Gasteiger partial charge in [0.05, 0.1) is 0 Å². The number of nitrogens with two attached hydrogens (primary N) is 1. The highest BCUT2D eigenvalue weighted by Gasteiger charge is 2.42. The van der Waals surface area contributed by atoms with E-state index in [4.69, 9.17) is 15.2 Å². The second-order valence-corrected chi connectivity index (χ2v) is 7.53. The van der Waals surface area contributed by atoms with Crippen LogP contribution >= 0.6 is 12.4 Å². The highest BCUT2D eigenvalue weighted by atomic mass is 35.5. The third kappa shape index (κ3) is 3.58. The van der Waals surface area contributed by atoms with E-state index in [-0.39, 0.29) is 36.5 Å². The molecule has 25 heavy (non-hydrogen) atoms. The molecule has 1 aromatic carbocycles. The number of para-hydroxylation sites is 2. The monoisotopic (exact) mass is 366 g/mol. The van der Waals surface area contributed by atoms with Gasteiger partial charge < -0.3 is 20.5 Å². The molecular formula is C19H27ClN2O3. The molecule has 2 aliphatic carbocycles. The predicted octanol–water partition coefficient (Wildman–Crippen LogP) is 2.66. The van der Waals surface area contributed by atoms with Crippen LogP contribution in [0.25, 0.3) is 0 Å². The van der Waals surface area contributed by atoms with Crippen molar-refractivity contribution in [2.75, 3.05) is 0 Å². The van der Waals surface area contributed by atoms with Crippen molar-refractivity contribution in [1.82, 2.24) is 5.32 Å². The second-order valence-electron chi connectivity index (χ2n) is 7.53. The first-order valence-corrected chi connectivity index (χ1v) is 9.10. The van der Waals surface area contributed by atoms with Gasteiger partial charge in [-0.15, -0.1) is 12.4 Å². The zero-order valence-electron chi connectivity index (χ0n) is 14.5. The van der Waals surface area contributed by atoms with Crippen LogP contribution < -0.4 is 20.5 Å². The van der Waals surface area contributed by atoms with Crippen LogP contribution in [0.3, 0.4) is 0 Å². The van der Waals surface area contributed by atoms with Crippen LogP contribution in [0.2, 0.25) is 0 Å². The fourth-order valence-electron chi connectivity index (χ4n) is 4.68. The molecule has 0 aromatic heterocycles. The molecule has 2 saturated carbocycles. The second kappa shape index (κ2) is 7.42. The molecule has 138 valence electrons. The minimum absolute atomic E-state index is 0. The molecule has 1 aromatic rings. The number of fused-ring (bicyclic) bond motifs is 3. The summed E-state index contributed by atoms with van der Waals surface area (Å²) < 4.78 is 11.8. The summed E-state index contributed by atoms with van der Waals surface area (Å²) >= 11 is 0. The number of carbonyl (C=O) groups excluding carboxylic acids is 1. The van der Waals surface area contributed by atoms with Gasteiger partial charge in [-0.3, -0.25) is 4.79 Å². The van der Waals surface area contributed by atoms with Crippen molar-refractivity contribution in [1.29, 1.82) is 0 Å². The molecular weight excluding hydrogens is 340 g/mol. The fourth-order valence-corrected chi connectivity index (χ4v) is 4.68. The zero-order chi connectivity index (χ0) is 16.7. The van der Waals surface area contributed by atoms with Gasteiger partial charge in [0.2, 0.25) is 6.10 Å². The maximum atomic E-state index is 12.9. The summed E-state index contributed by atoms with van der Waals surface area (Å²) in [5, 5.41) is 3.27. The van der Waals surface area contributed by atoms with Gasteiger partial charge >= 0.3 is 0 Å². The van der Waals surface area contributed by atoms with Crippen molar-refractivity contribution < 1.29 is 14.3 Å². The largest absolute Gasteiger partial charge is 0.482 e. The summed E-state index contributed by atoms with van der Waals surface area (Å²) in [6.45, 7) is 1.89. The van der Waals surface area contributed by atoms with Gasteiger partial charge in [-0.2, -0.15) is 0 Å². The number of amides is 1. The molecule has 4 unspecified atom stereocenters. The van der Waals surface area contributed by atoms with E-state index in [1.807, 2.05) is 31.2 Å². The van der Waals surface area contributed by atoms with E-state index < -0.39 is 6.10 Å². The highest BCUT2D eigenvalue weighted by molar-refractivity contribution is 5.85. The third-order valence-corrected chi connectivity index (χ3v) is 5.79. The Morgan fingerprint density at radius 1 is 1.12 bits per heavy atom. The minimum atomic E-state index is -0.601. The van der Waals surface area contributed by atoms with E-state index in [0.717, 1.165) is 25.7 Å². The Bertz CT molecular complexity index is 612. The lowest BCUT2D eigenvalue weighted by Gasteiger charge is -2.45. The highest BCUT2D eigenvalue weighted by Crippen LogP contribution is 2.40. The van der Waals surface area contributed by atoms with Crippen LogP contribution in [-0.2, 0) is 4.79 Å². The van der Waals surface area contributed by atoms with Crippen molar-refractivity contribution in [2.45, 2.75) is 63.3 Å². The van der Waals surface area contributed by atoms with E-state index in [9.17, 15) is 4.79 Å². The Hall–Kier alpha value is -1.46. The standard InChI is InChI=1S/C19H26N2O3.ClH/c1-11-18(24-16-8-3-2-7-15(16)23-11)19(22)21-17-12-5-4-6-13(17)10-14(20)9-12;/h2-3,7-8,11-14,17-18H,4-6,9-10,20H2,1H3,(H,21,22);1H. The average Bonchev–Trinajstić information content (AvgIpc) is 2.55. The zero-order valence-corrected chi connectivity index (χ0v) is 15.3. The topological polar surface area (TPSA) is 73.6 Å². The first kappa shape index (κ1) is 18.3. The van der Waals surface area contributed by atoms with Crippen LogP contribution in [0.15, 0.2) is 24.3 Å². The molecule has 2 fully saturated rings. The fraction of sp³-hybridized carbons (Fsp3) is 0.632. The van der Waals surface area contributed by atoms with Gasteiger partial charge in [-0.1, -0.05) is 18.6 Å². The molecule has 1 amide bonds. The summed E-state index contributed by atoms with van der Waals surface area (Å²) in [6, 6.07) is 8.03. The molecule has 1 heterocycles. The Kier molecular flexibility index (Phi) is 5.44. The van der Waals surface area contributed by atoms with Crippen LogP contribution in [0.1, 0.15) is 39.0 Å². The average molecular weight is 367 g/mol.